The van der Waals surface area contributed by atoms with Crippen LogP contribution in [0, 0.1) is 0 Å². The van der Waals surface area contributed by atoms with Crippen LogP contribution in [0.15, 0.2) is 42.7 Å². The number of anilines is 1. The topological polar surface area (TPSA) is 119 Å². The molecule has 1 aromatic carbocycles. The minimum Gasteiger partial charge on any atom is -0.364 e. The van der Waals surface area contributed by atoms with Crippen molar-refractivity contribution in [2.24, 2.45) is 5.73 Å². The molecule has 0 saturated carbocycles. The van der Waals surface area contributed by atoms with E-state index in [4.69, 9.17) is 5.73 Å². The molecule has 0 saturated heterocycles. The molecule has 24 heavy (non-hydrogen) atoms. The summed E-state index contributed by atoms with van der Waals surface area (Å²) in [6.45, 7) is 0. The average Bonchev–Trinajstić information content (AvgIpc) is 3.23. The summed E-state index contributed by atoms with van der Waals surface area (Å²) >= 11 is 0. The maximum atomic E-state index is 12.0. The summed E-state index contributed by atoms with van der Waals surface area (Å²) in [4.78, 5) is 23.7. The van der Waals surface area contributed by atoms with Crippen molar-refractivity contribution in [1.29, 1.82) is 0 Å². The molecule has 1 atom stereocenters. The number of hydrogen-bond acceptors (Lipinski definition) is 4. The molecule has 1 aliphatic rings. The highest BCUT2D eigenvalue weighted by Crippen LogP contribution is 2.38. The Morgan fingerprint density at radius 2 is 2.21 bits per heavy atom. The van der Waals surface area contributed by atoms with Gasteiger partial charge in [-0.05, 0) is 23.8 Å². The van der Waals surface area contributed by atoms with Crippen molar-refractivity contribution in [1.82, 2.24) is 20.0 Å². The fourth-order valence-corrected chi connectivity index (χ4v) is 3.03. The van der Waals surface area contributed by atoms with Crippen molar-refractivity contribution in [3.8, 4) is 5.69 Å². The molecule has 3 aromatic rings. The molecule has 4 rings (SSSR count). The summed E-state index contributed by atoms with van der Waals surface area (Å²) in [6, 6.07) is 9.50. The van der Waals surface area contributed by atoms with Crippen LogP contribution < -0.4 is 11.1 Å². The highest BCUT2D eigenvalue weighted by Gasteiger charge is 2.33. The molecule has 0 fully saturated rings. The SMILES string of the molecule is NC(=O)c1[nH]nc2c1C(c1cccc(-n3cccn3)c1)CC(=O)N2. The van der Waals surface area contributed by atoms with Crippen LogP contribution in [0.2, 0.25) is 0 Å². The fourth-order valence-electron chi connectivity index (χ4n) is 3.03. The van der Waals surface area contributed by atoms with Crippen LogP contribution >= 0.6 is 0 Å². The lowest BCUT2D eigenvalue weighted by atomic mass is 9.85. The van der Waals surface area contributed by atoms with E-state index >= 15 is 0 Å². The third-order valence-electron chi connectivity index (χ3n) is 4.09. The Labute approximate surface area is 136 Å². The van der Waals surface area contributed by atoms with Gasteiger partial charge in [-0.15, -0.1) is 0 Å². The Morgan fingerprint density at radius 1 is 1.33 bits per heavy atom. The summed E-state index contributed by atoms with van der Waals surface area (Å²) in [5.74, 6) is -0.701. The van der Waals surface area contributed by atoms with Crippen molar-refractivity contribution < 1.29 is 9.59 Å². The lowest BCUT2D eigenvalue weighted by Crippen LogP contribution is -2.25. The van der Waals surface area contributed by atoms with Crippen LogP contribution in [0.25, 0.3) is 5.69 Å². The van der Waals surface area contributed by atoms with Crippen molar-refractivity contribution in [3.05, 3.63) is 59.5 Å². The second-order valence-electron chi connectivity index (χ2n) is 5.58. The third kappa shape index (κ3) is 2.24. The molecule has 1 unspecified atom stereocenters. The van der Waals surface area contributed by atoms with Crippen LogP contribution in [-0.2, 0) is 4.79 Å². The van der Waals surface area contributed by atoms with Gasteiger partial charge in [0.15, 0.2) is 5.82 Å². The van der Waals surface area contributed by atoms with E-state index in [1.54, 1.807) is 10.9 Å². The highest BCUT2D eigenvalue weighted by molar-refractivity contribution is 6.00. The van der Waals surface area contributed by atoms with Gasteiger partial charge in [0.05, 0.1) is 5.69 Å². The number of primary amides is 1. The van der Waals surface area contributed by atoms with E-state index in [2.05, 4.69) is 20.6 Å². The lowest BCUT2D eigenvalue weighted by molar-refractivity contribution is -0.116. The van der Waals surface area contributed by atoms with Gasteiger partial charge in [0.1, 0.15) is 5.69 Å². The molecular weight excluding hydrogens is 308 g/mol. The molecule has 0 spiro atoms. The van der Waals surface area contributed by atoms with E-state index in [0.29, 0.717) is 11.4 Å². The predicted molar refractivity (Wildman–Crippen MR) is 85.8 cm³/mol. The smallest absolute Gasteiger partial charge is 0.267 e. The van der Waals surface area contributed by atoms with Gasteiger partial charge in [0, 0.05) is 30.3 Å². The zero-order chi connectivity index (χ0) is 16.7. The van der Waals surface area contributed by atoms with Crippen LogP contribution in [0.1, 0.15) is 34.0 Å². The van der Waals surface area contributed by atoms with Gasteiger partial charge in [-0.2, -0.15) is 10.2 Å². The van der Waals surface area contributed by atoms with Gasteiger partial charge in [-0.25, -0.2) is 4.68 Å². The van der Waals surface area contributed by atoms with E-state index in [1.165, 1.54) is 0 Å². The molecule has 2 amide bonds. The largest absolute Gasteiger partial charge is 0.364 e. The fraction of sp³-hybridized carbons (Fsp3) is 0.125. The standard InChI is InChI=1S/C16H14N6O2/c17-15(24)14-13-11(8-12(23)19-16(13)21-20-14)9-3-1-4-10(7-9)22-6-2-5-18-22/h1-7,11H,8H2,(H2,17,24)(H2,19,20,21,23). The van der Waals surface area contributed by atoms with Crippen LogP contribution in [-0.4, -0.2) is 31.8 Å². The second-order valence-corrected chi connectivity index (χ2v) is 5.58. The highest BCUT2D eigenvalue weighted by atomic mass is 16.2. The van der Waals surface area contributed by atoms with E-state index in [0.717, 1.165) is 11.3 Å². The van der Waals surface area contributed by atoms with E-state index in [-0.39, 0.29) is 23.9 Å². The summed E-state index contributed by atoms with van der Waals surface area (Å²) in [5.41, 5.74) is 8.04. The number of nitrogens with two attached hydrogens (primary N) is 1. The van der Waals surface area contributed by atoms with E-state index in [9.17, 15) is 9.59 Å². The Hall–Kier alpha value is -3.42. The molecule has 0 aliphatic carbocycles. The molecule has 8 nitrogen and oxygen atoms in total. The van der Waals surface area contributed by atoms with Gasteiger partial charge in [0.2, 0.25) is 5.91 Å². The van der Waals surface area contributed by atoms with Crippen molar-refractivity contribution >= 4 is 17.6 Å². The number of fused-ring (bicyclic) bond motifs is 1. The molecule has 4 N–H and O–H groups in total. The molecule has 120 valence electrons. The van der Waals surface area contributed by atoms with E-state index in [1.807, 2.05) is 36.5 Å². The average molecular weight is 322 g/mol. The molecule has 8 heteroatoms. The molecule has 3 heterocycles. The first kappa shape index (κ1) is 14.2. The molecule has 0 radical (unpaired) electrons. The maximum absolute atomic E-state index is 12.0. The Bertz CT molecular complexity index is 928. The number of carbonyl (C=O) groups is 2. The van der Waals surface area contributed by atoms with Gasteiger partial charge in [0.25, 0.3) is 5.91 Å². The number of nitrogens with zero attached hydrogens (tertiary/aromatic N) is 3. The van der Waals surface area contributed by atoms with Crippen LogP contribution in [0.5, 0.6) is 0 Å². The van der Waals surface area contributed by atoms with Crippen molar-refractivity contribution in [2.45, 2.75) is 12.3 Å². The van der Waals surface area contributed by atoms with Crippen molar-refractivity contribution in [2.75, 3.05) is 5.32 Å². The Kier molecular flexibility index (Phi) is 3.16. The number of rotatable bonds is 3. The number of aromatic amines is 1. The minimum absolute atomic E-state index is 0.153. The number of hydrogen-bond donors (Lipinski definition) is 3. The van der Waals surface area contributed by atoms with Crippen LogP contribution in [0.3, 0.4) is 0 Å². The second kappa shape index (κ2) is 5.34. The summed E-state index contributed by atoms with van der Waals surface area (Å²) in [7, 11) is 0. The number of amides is 2. The maximum Gasteiger partial charge on any atom is 0.267 e. The number of carbonyl (C=O) groups excluding carboxylic acids is 2. The number of aromatic nitrogens is 4. The molecule has 0 bridgehead atoms. The quantitative estimate of drug-likeness (QED) is 0.670. The van der Waals surface area contributed by atoms with Crippen molar-refractivity contribution in [3.63, 3.8) is 0 Å². The first-order valence-corrected chi connectivity index (χ1v) is 7.41. The Balaban J connectivity index is 1.83. The molecule has 2 aromatic heterocycles. The minimum atomic E-state index is -0.604. The summed E-state index contributed by atoms with van der Waals surface area (Å²) in [6.07, 6.45) is 3.75. The number of nitrogens with one attached hydrogen (secondary N) is 2. The zero-order valence-electron chi connectivity index (χ0n) is 12.6. The normalized spacial score (nSPS) is 16.5. The number of benzene rings is 1. The van der Waals surface area contributed by atoms with Gasteiger partial charge in [-0.1, -0.05) is 12.1 Å². The van der Waals surface area contributed by atoms with Gasteiger partial charge >= 0.3 is 0 Å². The predicted octanol–water partition coefficient (Wildman–Crippen LogP) is 1.17. The van der Waals surface area contributed by atoms with Gasteiger partial charge in [-0.3, -0.25) is 14.7 Å². The zero-order valence-corrected chi connectivity index (χ0v) is 12.6. The number of H-pyrrole nitrogens is 1. The monoisotopic (exact) mass is 322 g/mol. The summed E-state index contributed by atoms with van der Waals surface area (Å²) < 4.78 is 1.73. The third-order valence-corrected chi connectivity index (χ3v) is 4.09. The summed E-state index contributed by atoms with van der Waals surface area (Å²) in [5, 5.41) is 13.5. The van der Waals surface area contributed by atoms with Crippen LogP contribution in [0.4, 0.5) is 5.82 Å². The first-order valence-electron chi connectivity index (χ1n) is 7.41. The van der Waals surface area contributed by atoms with Gasteiger partial charge < -0.3 is 11.1 Å². The molecule has 1 aliphatic heterocycles. The van der Waals surface area contributed by atoms with E-state index < -0.39 is 5.91 Å². The lowest BCUT2D eigenvalue weighted by Gasteiger charge is -2.23. The Morgan fingerprint density at radius 3 is 2.96 bits per heavy atom. The first-order chi connectivity index (χ1) is 11.6. The molecular formula is C16H14N6O2.